The predicted molar refractivity (Wildman–Crippen MR) is 83.7 cm³/mol. The number of hydrogen-bond acceptors (Lipinski definition) is 5. The van der Waals surface area contributed by atoms with Crippen LogP contribution in [-0.4, -0.2) is 60.3 Å². The molecule has 2 aliphatic heterocycles. The van der Waals surface area contributed by atoms with E-state index in [-0.39, 0.29) is 0 Å². The maximum absolute atomic E-state index is 5.38. The zero-order valence-electron chi connectivity index (χ0n) is 13.2. The van der Waals surface area contributed by atoms with Crippen molar-refractivity contribution in [3.05, 3.63) is 18.1 Å². The molecule has 0 bridgehead atoms. The summed E-state index contributed by atoms with van der Waals surface area (Å²) < 4.78 is 5.38. The Labute approximate surface area is 127 Å². The molecule has 3 rings (SSSR count). The minimum Gasteiger partial charge on any atom is -0.378 e. The molecule has 0 N–H and O–H groups in total. The van der Waals surface area contributed by atoms with Crippen LogP contribution in [-0.2, 0) is 4.74 Å². The van der Waals surface area contributed by atoms with Gasteiger partial charge >= 0.3 is 0 Å². The van der Waals surface area contributed by atoms with E-state index in [1.165, 1.54) is 19.4 Å². The van der Waals surface area contributed by atoms with Crippen molar-refractivity contribution in [1.29, 1.82) is 0 Å². The molecule has 5 nitrogen and oxygen atoms in total. The molecule has 0 unspecified atom stereocenters. The van der Waals surface area contributed by atoms with E-state index in [1.54, 1.807) is 0 Å². The second-order valence-electron chi connectivity index (χ2n) is 6.33. The van der Waals surface area contributed by atoms with Gasteiger partial charge in [-0.2, -0.15) is 0 Å². The van der Waals surface area contributed by atoms with Gasteiger partial charge in [-0.05, 0) is 33.2 Å². The molecule has 21 heavy (non-hydrogen) atoms. The summed E-state index contributed by atoms with van der Waals surface area (Å²) in [6, 6.07) is 0.619. The Balaban J connectivity index is 1.66. The summed E-state index contributed by atoms with van der Waals surface area (Å²) >= 11 is 0. The molecule has 0 saturated carbocycles. The molecular weight excluding hydrogens is 264 g/mol. The maximum atomic E-state index is 5.38. The Kier molecular flexibility index (Phi) is 4.70. The van der Waals surface area contributed by atoms with Gasteiger partial charge < -0.3 is 14.5 Å². The van der Waals surface area contributed by atoms with Gasteiger partial charge in [0.1, 0.15) is 5.82 Å². The first-order valence-corrected chi connectivity index (χ1v) is 8.12. The fourth-order valence-corrected chi connectivity index (χ4v) is 3.21. The Morgan fingerprint density at radius 2 is 1.95 bits per heavy atom. The minimum atomic E-state index is 0.535. The lowest BCUT2D eigenvalue weighted by atomic mass is 9.94. The van der Waals surface area contributed by atoms with Crippen LogP contribution in [0.15, 0.2) is 12.4 Å². The number of aromatic nitrogens is 2. The van der Waals surface area contributed by atoms with Crippen molar-refractivity contribution < 1.29 is 4.74 Å². The summed E-state index contributed by atoms with van der Waals surface area (Å²) in [6.07, 6.45) is 6.42. The van der Waals surface area contributed by atoms with Gasteiger partial charge in [-0.3, -0.25) is 4.98 Å². The number of morpholine rings is 1. The number of hydrogen-bond donors (Lipinski definition) is 0. The molecule has 0 aromatic carbocycles. The van der Waals surface area contributed by atoms with Gasteiger partial charge in [-0.15, -0.1) is 0 Å². The number of rotatable bonds is 3. The van der Waals surface area contributed by atoms with Gasteiger partial charge in [0.25, 0.3) is 0 Å². The lowest BCUT2D eigenvalue weighted by Gasteiger charge is -2.35. The van der Waals surface area contributed by atoms with E-state index >= 15 is 0 Å². The van der Waals surface area contributed by atoms with Crippen LogP contribution < -0.4 is 4.90 Å². The van der Waals surface area contributed by atoms with Crippen molar-refractivity contribution in [2.45, 2.75) is 38.6 Å². The Bertz CT molecular complexity index is 442. The van der Waals surface area contributed by atoms with Crippen molar-refractivity contribution >= 4 is 5.82 Å². The average molecular weight is 290 g/mol. The second kappa shape index (κ2) is 6.71. The highest BCUT2D eigenvalue weighted by atomic mass is 16.5. The molecule has 2 fully saturated rings. The molecule has 1 aromatic rings. The molecule has 0 amide bonds. The number of ether oxygens (including phenoxy) is 1. The molecule has 3 heterocycles. The normalized spacial score (nSPS) is 24.5. The zero-order valence-corrected chi connectivity index (χ0v) is 13.2. The molecule has 0 radical (unpaired) electrons. The van der Waals surface area contributed by atoms with Crippen LogP contribution in [0.2, 0.25) is 0 Å². The minimum absolute atomic E-state index is 0.535. The van der Waals surface area contributed by atoms with Gasteiger partial charge in [0.15, 0.2) is 0 Å². The topological polar surface area (TPSA) is 41.5 Å². The Hall–Kier alpha value is -1.20. The second-order valence-corrected chi connectivity index (χ2v) is 6.33. The standard InChI is InChI=1S/C16H26N4O/c1-13(2)20-5-3-4-14(12-20)15-10-18-16(11-17-15)19-6-8-21-9-7-19/h10-11,13-14H,3-9,12H2,1-2H3/t14-/m1/s1. The molecule has 1 aromatic heterocycles. The predicted octanol–water partition coefficient (Wildman–Crippen LogP) is 1.90. The van der Waals surface area contributed by atoms with E-state index in [1.807, 2.05) is 12.4 Å². The van der Waals surface area contributed by atoms with Gasteiger partial charge in [0.2, 0.25) is 0 Å². The first-order chi connectivity index (χ1) is 10.2. The van der Waals surface area contributed by atoms with Gasteiger partial charge in [-0.1, -0.05) is 0 Å². The summed E-state index contributed by atoms with van der Waals surface area (Å²) in [5, 5.41) is 0. The molecule has 2 aliphatic rings. The molecular formula is C16H26N4O. The lowest BCUT2D eigenvalue weighted by Crippen LogP contribution is -2.39. The summed E-state index contributed by atoms with van der Waals surface area (Å²) in [4.78, 5) is 14.1. The smallest absolute Gasteiger partial charge is 0.147 e. The molecule has 0 aliphatic carbocycles. The molecule has 1 atom stereocenters. The van der Waals surface area contributed by atoms with Crippen molar-refractivity contribution in [2.75, 3.05) is 44.3 Å². The van der Waals surface area contributed by atoms with Crippen LogP contribution in [0.25, 0.3) is 0 Å². The number of nitrogens with zero attached hydrogens (tertiary/aromatic N) is 4. The fourth-order valence-electron chi connectivity index (χ4n) is 3.21. The van der Waals surface area contributed by atoms with Gasteiger partial charge in [0, 0.05) is 31.6 Å². The maximum Gasteiger partial charge on any atom is 0.147 e. The van der Waals surface area contributed by atoms with Crippen molar-refractivity contribution in [2.24, 2.45) is 0 Å². The highest BCUT2D eigenvalue weighted by Gasteiger charge is 2.24. The van der Waals surface area contributed by atoms with Crippen molar-refractivity contribution in [1.82, 2.24) is 14.9 Å². The first kappa shape index (κ1) is 14.7. The first-order valence-electron chi connectivity index (χ1n) is 8.12. The third kappa shape index (κ3) is 3.52. The van der Waals surface area contributed by atoms with E-state index in [0.717, 1.165) is 44.4 Å². The molecule has 116 valence electrons. The average Bonchev–Trinajstić information content (AvgIpc) is 2.56. The van der Waals surface area contributed by atoms with Crippen molar-refractivity contribution in [3.8, 4) is 0 Å². The van der Waals surface area contributed by atoms with E-state index in [0.29, 0.717) is 12.0 Å². The third-order valence-electron chi connectivity index (χ3n) is 4.59. The summed E-state index contributed by atoms with van der Waals surface area (Å²) in [5.41, 5.74) is 1.15. The molecule has 2 saturated heterocycles. The van der Waals surface area contributed by atoms with E-state index in [9.17, 15) is 0 Å². The third-order valence-corrected chi connectivity index (χ3v) is 4.59. The summed E-state index contributed by atoms with van der Waals surface area (Å²) in [5.74, 6) is 1.52. The Morgan fingerprint density at radius 1 is 1.14 bits per heavy atom. The number of likely N-dealkylation sites (tertiary alicyclic amines) is 1. The van der Waals surface area contributed by atoms with E-state index < -0.39 is 0 Å². The van der Waals surface area contributed by atoms with E-state index in [2.05, 4.69) is 28.6 Å². The fraction of sp³-hybridized carbons (Fsp3) is 0.750. The highest BCUT2D eigenvalue weighted by Crippen LogP contribution is 2.26. The van der Waals surface area contributed by atoms with Crippen LogP contribution in [0.1, 0.15) is 38.3 Å². The Morgan fingerprint density at radius 3 is 2.62 bits per heavy atom. The molecule has 5 heteroatoms. The van der Waals surface area contributed by atoms with Crippen LogP contribution in [0.3, 0.4) is 0 Å². The molecule has 0 spiro atoms. The van der Waals surface area contributed by atoms with Crippen LogP contribution in [0, 0.1) is 0 Å². The quantitative estimate of drug-likeness (QED) is 0.850. The largest absolute Gasteiger partial charge is 0.378 e. The van der Waals surface area contributed by atoms with Gasteiger partial charge in [-0.25, -0.2) is 4.98 Å². The zero-order chi connectivity index (χ0) is 14.7. The highest BCUT2D eigenvalue weighted by molar-refractivity contribution is 5.36. The monoisotopic (exact) mass is 290 g/mol. The summed E-state index contributed by atoms with van der Waals surface area (Å²) in [7, 11) is 0. The number of anilines is 1. The SMILES string of the molecule is CC(C)N1CCC[C@@H](c2cnc(N3CCOCC3)cn2)C1. The van der Waals surface area contributed by atoms with Crippen LogP contribution >= 0.6 is 0 Å². The summed E-state index contributed by atoms with van der Waals surface area (Å²) in [6.45, 7) is 10.3. The van der Waals surface area contributed by atoms with Crippen molar-refractivity contribution in [3.63, 3.8) is 0 Å². The van der Waals surface area contributed by atoms with Crippen LogP contribution in [0.4, 0.5) is 5.82 Å². The van der Waals surface area contributed by atoms with E-state index in [4.69, 9.17) is 9.72 Å². The van der Waals surface area contributed by atoms with Gasteiger partial charge in [0.05, 0.1) is 31.3 Å². The lowest BCUT2D eigenvalue weighted by molar-refractivity contribution is 0.122. The number of piperidine rings is 1. The van der Waals surface area contributed by atoms with Crippen LogP contribution in [0.5, 0.6) is 0 Å².